The zero-order valence-corrected chi connectivity index (χ0v) is 18.1. The van der Waals surface area contributed by atoms with Crippen LogP contribution in [0.1, 0.15) is 30.9 Å². The van der Waals surface area contributed by atoms with Gasteiger partial charge in [-0.3, -0.25) is 4.79 Å². The number of ether oxygens (including phenoxy) is 2. The van der Waals surface area contributed by atoms with Gasteiger partial charge in [0.25, 0.3) is 5.91 Å². The molecule has 31 heavy (non-hydrogen) atoms. The van der Waals surface area contributed by atoms with Crippen LogP contribution in [0.15, 0.2) is 35.1 Å². The van der Waals surface area contributed by atoms with Gasteiger partial charge in [0.05, 0.1) is 7.11 Å². The van der Waals surface area contributed by atoms with Gasteiger partial charge in [0, 0.05) is 29.2 Å². The summed E-state index contributed by atoms with van der Waals surface area (Å²) < 4.78 is 81.5. The SMILES string of the molecule is COc1c(C2C(C)C(C)(C(F)(F)F)OC2(C(N)=O)c2ccc(Br)nc2)ccc(F)c1F. The van der Waals surface area contributed by atoms with Crippen LogP contribution >= 0.6 is 15.9 Å². The second-order valence-electron chi connectivity index (χ2n) is 7.43. The van der Waals surface area contributed by atoms with E-state index in [1.54, 1.807) is 0 Å². The molecule has 0 saturated carbocycles. The Morgan fingerprint density at radius 2 is 1.90 bits per heavy atom. The van der Waals surface area contributed by atoms with Crippen LogP contribution in [0.2, 0.25) is 0 Å². The Kier molecular flexibility index (Phi) is 5.81. The molecular weight excluding hydrogens is 491 g/mol. The first-order valence-electron chi connectivity index (χ1n) is 9.02. The number of carbonyl (C=O) groups excluding carboxylic acids is 1. The van der Waals surface area contributed by atoms with Crippen molar-refractivity contribution in [2.75, 3.05) is 7.11 Å². The predicted octanol–water partition coefficient (Wildman–Crippen LogP) is 4.58. The summed E-state index contributed by atoms with van der Waals surface area (Å²) in [6.07, 6.45) is -3.78. The van der Waals surface area contributed by atoms with E-state index < -0.39 is 52.5 Å². The van der Waals surface area contributed by atoms with Crippen molar-refractivity contribution in [3.05, 3.63) is 57.8 Å². The van der Waals surface area contributed by atoms with Gasteiger partial charge in [0.1, 0.15) is 4.60 Å². The Balaban J connectivity index is 2.40. The molecule has 0 radical (unpaired) electrons. The lowest BCUT2D eigenvalue weighted by Gasteiger charge is -2.34. The molecule has 0 aliphatic carbocycles. The monoisotopic (exact) mass is 508 g/mol. The van der Waals surface area contributed by atoms with E-state index in [9.17, 15) is 26.7 Å². The Morgan fingerprint density at radius 3 is 2.39 bits per heavy atom. The summed E-state index contributed by atoms with van der Waals surface area (Å²) in [6, 6.07) is 4.54. The molecule has 1 aromatic carbocycles. The number of rotatable bonds is 4. The van der Waals surface area contributed by atoms with Crippen LogP contribution < -0.4 is 10.5 Å². The predicted molar refractivity (Wildman–Crippen MR) is 103 cm³/mol. The minimum Gasteiger partial charge on any atom is -0.493 e. The maximum atomic E-state index is 14.5. The van der Waals surface area contributed by atoms with E-state index in [4.69, 9.17) is 15.2 Å². The van der Waals surface area contributed by atoms with Gasteiger partial charge >= 0.3 is 6.18 Å². The van der Waals surface area contributed by atoms with Crippen LogP contribution in [0, 0.1) is 17.6 Å². The van der Waals surface area contributed by atoms with E-state index >= 15 is 0 Å². The minimum absolute atomic E-state index is 0.0696. The third-order valence-corrected chi connectivity index (χ3v) is 6.35. The maximum Gasteiger partial charge on any atom is 0.417 e. The van der Waals surface area contributed by atoms with E-state index in [0.717, 1.165) is 32.4 Å². The van der Waals surface area contributed by atoms with Crippen molar-refractivity contribution in [1.82, 2.24) is 4.98 Å². The molecule has 5 nitrogen and oxygen atoms in total. The van der Waals surface area contributed by atoms with Crippen molar-refractivity contribution in [1.29, 1.82) is 0 Å². The molecule has 168 valence electrons. The highest BCUT2D eigenvalue weighted by Gasteiger charge is 2.72. The molecule has 1 aliphatic heterocycles. The number of hydrogen-bond donors (Lipinski definition) is 1. The third kappa shape index (κ3) is 3.38. The molecule has 2 N–H and O–H groups in total. The van der Waals surface area contributed by atoms with Crippen molar-refractivity contribution in [3.63, 3.8) is 0 Å². The van der Waals surface area contributed by atoms with Crippen molar-refractivity contribution in [2.45, 2.75) is 37.1 Å². The van der Waals surface area contributed by atoms with Crippen molar-refractivity contribution >= 4 is 21.8 Å². The lowest BCUT2D eigenvalue weighted by atomic mass is 9.69. The van der Waals surface area contributed by atoms with Crippen molar-refractivity contribution < 1.29 is 36.2 Å². The number of nitrogens with zero attached hydrogens (tertiary/aromatic N) is 1. The number of hydrogen-bond acceptors (Lipinski definition) is 4. The first kappa shape index (κ1) is 23.4. The number of aromatic nitrogens is 1. The second-order valence-corrected chi connectivity index (χ2v) is 8.24. The number of halogens is 6. The summed E-state index contributed by atoms with van der Waals surface area (Å²) in [5.41, 5.74) is 0.131. The van der Waals surface area contributed by atoms with E-state index in [0.29, 0.717) is 4.60 Å². The third-order valence-electron chi connectivity index (χ3n) is 5.88. The van der Waals surface area contributed by atoms with Crippen LogP contribution in [-0.2, 0) is 15.1 Å². The van der Waals surface area contributed by atoms with Gasteiger partial charge < -0.3 is 15.2 Å². The van der Waals surface area contributed by atoms with Crippen LogP contribution in [0.4, 0.5) is 22.0 Å². The zero-order chi connectivity index (χ0) is 23.4. The maximum absolute atomic E-state index is 14.5. The van der Waals surface area contributed by atoms with Gasteiger partial charge in [-0.25, -0.2) is 9.37 Å². The van der Waals surface area contributed by atoms with Crippen LogP contribution in [0.5, 0.6) is 5.75 Å². The second kappa shape index (κ2) is 7.70. The quantitative estimate of drug-likeness (QED) is 0.484. The standard InChI is InChI=1S/C20H18BrF5N2O3/c1-9-14(11-5-6-12(22)15(23)16(11)30-3)19(17(27)29,10-4-7-13(21)28-8-10)31-18(9,2)20(24,25)26/h4-9,14H,1-3H3,(H2,27,29). The Labute approximate surface area is 182 Å². The molecule has 3 rings (SSSR count). The van der Waals surface area contributed by atoms with Crippen LogP contribution in [-0.4, -0.2) is 29.8 Å². The lowest BCUT2D eigenvalue weighted by Crippen LogP contribution is -2.50. The number of alkyl halides is 3. The molecule has 1 amide bonds. The molecule has 1 fully saturated rings. The number of benzene rings is 1. The van der Waals surface area contributed by atoms with Crippen LogP contribution in [0.25, 0.3) is 0 Å². The highest BCUT2D eigenvalue weighted by molar-refractivity contribution is 9.10. The van der Waals surface area contributed by atoms with E-state index in [1.807, 2.05) is 0 Å². The van der Waals surface area contributed by atoms with Crippen LogP contribution in [0.3, 0.4) is 0 Å². The lowest BCUT2D eigenvalue weighted by molar-refractivity contribution is -0.285. The van der Waals surface area contributed by atoms with Gasteiger partial charge in [-0.05, 0) is 35.0 Å². The molecule has 1 aromatic heterocycles. The normalized spacial score (nSPS) is 28.5. The number of methoxy groups -OCH3 is 1. The average Bonchev–Trinajstić information content (AvgIpc) is 2.94. The molecule has 2 heterocycles. The highest BCUT2D eigenvalue weighted by Crippen LogP contribution is 2.62. The Hall–Kier alpha value is -2.27. The molecular formula is C20H18BrF5N2O3. The van der Waals surface area contributed by atoms with Gasteiger partial charge in [-0.2, -0.15) is 17.6 Å². The van der Waals surface area contributed by atoms with E-state index in [2.05, 4.69) is 20.9 Å². The number of pyridine rings is 1. The van der Waals surface area contributed by atoms with Crippen molar-refractivity contribution in [2.24, 2.45) is 11.7 Å². The van der Waals surface area contributed by atoms with Gasteiger partial charge in [-0.15, -0.1) is 0 Å². The molecule has 2 aromatic rings. The number of nitrogens with two attached hydrogens (primary N) is 1. The van der Waals surface area contributed by atoms with Crippen molar-refractivity contribution in [3.8, 4) is 5.75 Å². The summed E-state index contributed by atoms with van der Waals surface area (Å²) in [7, 11) is 1.04. The minimum atomic E-state index is -4.92. The summed E-state index contributed by atoms with van der Waals surface area (Å²) in [6.45, 7) is 1.99. The average molecular weight is 509 g/mol. The topological polar surface area (TPSA) is 74.4 Å². The first-order valence-corrected chi connectivity index (χ1v) is 9.81. The summed E-state index contributed by atoms with van der Waals surface area (Å²) in [5, 5.41) is 0. The van der Waals surface area contributed by atoms with Gasteiger partial charge in [0.2, 0.25) is 5.82 Å². The summed E-state index contributed by atoms with van der Waals surface area (Å²) in [5.74, 6) is -7.48. The highest BCUT2D eigenvalue weighted by atomic mass is 79.9. The smallest absolute Gasteiger partial charge is 0.417 e. The fourth-order valence-electron chi connectivity index (χ4n) is 4.14. The fraction of sp³-hybridized carbons (Fsp3) is 0.400. The zero-order valence-electron chi connectivity index (χ0n) is 16.6. The molecule has 1 saturated heterocycles. The van der Waals surface area contributed by atoms with Gasteiger partial charge in [0.15, 0.2) is 22.8 Å². The molecule has 0 bridgehead atoms. The van der Waals surface area contributed by atoms with Gasteiger partial charge in [-0.1, -0.05) is 19.1 Å². The Morgan fingerprint density at radius 1 is 1.26 bits per heavy atom. The van der Waals surface area contributed by atoms with E-state index in [-0.39, 0.29) is 11.1 Å². The summed E-state index contributed by atoms with van der Waals surface area (Å²) >= 11 is 3.12. The molecule has 4 atom stereocenters. The number of primary amides is 1. The molecule has 1 aliphatic rings. The molecule has 11 heteroatoms. The number of carbonyl (C=O) groups is 1. The first-order chi connectivity index (χ1) is 14.3. The largest absolute Gasteiger partial charge is 0.493 e. The number of amides is 1. The van der Waals surface area contributed by atoms with E-state index in [1.165, 1.54) is 19.1 Å². The fourth-order valence-corrected chi connectivity index (χ4v) is 4.38. The summed E-state index contributed by atoms with van der Waals surface area (Å²) in [4.78, 5) is 16.8. The Bertz CT molecular complexity index is 1020. The molecule has 4 unspecified atom stereocenters. The molecule has 0 spiro atoms.